The molecule has 0 atom stereocenters. The van der Waals surface area contributed by atoms with Gasteiger partial charge in [0.25, 0.3) is 0 Å². The van der Waals surface area contributed by atoms with E-state index in [0.717, 1.165) is 0 Å². The molecule has 0 unspecified atom stereocenters. The molecule has 0 saturated heterocycles. The first-order valence-electron chi connectivity index (χ1n) is 1.41. The van der Waals surface area contributed by atoms with Gasteiger partial charge < -0.3 is 22.0 Å². The van der Waals surface area contributed by atoms with Gasteiger partial charge in [0.1, 0.15) is 0 Å². The Balaban J connectivity index is -0.00000000818. The van der Waals surface area contributed by atoms with Crippen molar-refractivity contribution in [3.05, 3.63) is 0 Å². The van der Waals surface area contributed by atoms with Gasteiger partial charge in [-0.2, -0.15) is 0 Å². The molecule has 0 spiro atoms. The minimum atomic E-state index is -4.61. The summed E-state index contributed by atoms with van der Waals surface area (Å²) in [4.78, 5) is 29.3. The molecule has 0 amide bonds. The van der Waals surface area contributed by atoms with Crippen LogP contribution in [0.3, 0.4) is 0 Å². The first-order valence-corrected chi connectivity index (χ1v) is 3.20. The largest absolute Gasteiger partial charge is 1.00 e. The van der Waals surface area contributed by atoms with E-state index < -0.39 is 9.05 Å². The molecule has 0 fully saturated rings. The third-order valence-corrected chi connectivity index (χ3v) is 0. The fraction of sp³-hybridized carbons (Fsp3) is 0. The second-order valence-corrected chi connectivity index (χ2v) is 1.80. The summed E-state index contributed by atoms with van der Waals surface area (Å²) in [6.07, 6.45) is 0. The normalized spacial score (nSPS) is 5.82. The SMILES string of the molecule is C#N.C#N.O[Si](O)(O)O.[H-].[H-].[K+].[K+]. The standard InChI is InChI=1S/2CHN.2K.H4O4Si.2H/c2*1-2;;;1-5(2,3)4;;/h2*1H;;;1-4H;;/q;;2*+1;;2*-1. The maximum Gasteiger partial charge on any atom is 1.00 e. The van der Waals surface area contributed by atoms with Crippen LogP contribution in [0.5, 0.6) is 0 Å². The molecule has 0 aliphatic rings. The van der Waals surface area contributed by atoms with Crippen LogP contribution in [-0.4, -0.2) is 28.2 Å². The molecule has 56 valence electrons. The van der Waals surface area contributed by atoms with E-state index in [1.54, 1.807) is 0 Å². The van der Waals surface area contributed by atoms with Gasteiger partial charge in [0, 0.05) is 13.1 Å². The molecule has 0 bridgehead atoms. The maximum atomic E-state index is 7.33. The summed E-state index contributed by atoms with van der Waals surface area (Å²) in [6.45, 7) is 7.00. The van der Waals surface area contributed by atoms with E-state index in [1.165, 1.54) is 0 Å². The third-order valence-electron chi connectivity index (χ3n) is 0. The molecule has 4 N–H and O–H groups in total. The maximum absolute atomic E-state index is 7.33. The molecular formula is C2H8K2N2O4Si. The predicted molar refractivity (Wildman–Crippen MR) is 30.2 cm³/mol. The number of hydrogen-bond acceptors (Lipinski definition) is 6. The fourth-order valence-corrected chi connectivity index (χ4v) is 0. The molecule has 0 aliphatic carbocycles. The third kappa shape index (κ3) is 245. The van der Waals surface area contributed by atoms with Gasteiger partial charge in [-0.05, 0) is 0 Å². The number of nitriles is 2. The summed E-state index contributed by atoms with van der Waals surface area (Å²) in [5.74, 6) is 0. The van der Waals surface area contributed by atoms with Gasteiger partial charge in [0.15, 0.2) is 0 Å². The summed E-state index contributed by atoms with van der Waals surface area (Å²) in [7, 11) is -4.61. The van der Waals surface area contributed by atoms with Crippen LogP contribution >= 0.6 is 0 Å². The van der Waals surface area contributed by atoms with Gasteiger partial charge in [-0.1, -0.05) is 0 Å². The van der Waals surface area contributed by atoms with Crippen LogP contribution in [0, 0.1) is 23.7 Å². The number of nitrogens with zero attached hydrogens (tertiary/aromatic N) is 2. The zero-order valence-electron chi connectivity index (χ0n) is 8.34. The molecule has 0 radical (unpaired) electrons. The minimum absolute atomic E-state index is 0. The molecule has 0 aromatic rings. The van der Waals surface area contributed by atoms with Crippen molar-refractivity contribution >= 4 is 9.05 Å². The molecule has 0 aromatic heterocycles. The molecular weight excluding hydrogens is 222 g/mol. The van der Waals surface area contributed by atoms with Crippen molar-refractivity contribution in [2.45, 2.75) is 0 Å². The average Bonchev–Trinajstić information content (AvgIpc) is 1.72. The van der Waals surface area contributed by atoms with Crippen molar-refractivity contribution < 1.29 is 125 Å². The van der Waals surface area contributed by atoms with Crippen LogP contribution in [0.15, 0.2) is 0 Å². The van der Waals surface area contributed by atoms with Crippen LogP contribution in [0.1, 0.15) is 2.85 Å². The van der Waals surface area contributed by atoms with Gasteiger partial charge in [0.2, 0.25) is 0 Å². The van der Waals surface area contributed by atoms with Crippen molar-refractivity contribution in [2.24, 2.45) is 0 Å². The van der Waals surface area contributed by atoms with Crippen molar-refractivity contribution in [1.82, 2.24) is 0 Å². The molecule has 9 heteroatoms. The summed E-state index contributed by atoms with van der Waals surface area (Å²) < 4.78 is 0. The number of rotatable bonds is 0. The van der Waals surface area contributed by atoms with Crippen LogP contribution < -0.4 is 103 Å². The van der Waals surface area contributed by atoms with Gasteiger partial charge in [-0.15, -0.1) is 0 Å². The molecule has 0 aliphatic heterocycles. The van der Waals surface area contributed by atoms with E-state index >= 15 is 0 Å². The topological polar surface area (TPSA) is 128 Å². The van der Waals surface area contributed by atoms with Gasteiger partial charge in [0.05, 0.1) is 0 Å². The average molecular weight is 230 g/mol. The van der Waals surface area contributed by atoms with Crippen molar-refractivity contribution in [1.29, 1.82) is 10.5 Å². The zero-order valence-corrected chi connectivity index (χ0v) is 13.6. The minimum Gasteiger partial charge on any atom is -1.00 e. The van der Waals surface area contributed by atoms with Crippen LogP contribution in [-0.2, 0) is 0 Å². The van der Waals surface area contributed by atoms with Crippen molar-refractivity contribution in [2.75, 3.05) is 0 Å². The van der Waals surface area contributed by atoms with Crippen molar-refractivity contribution in [3.8, 4) is 13.1 Å². The molecule has 0 heterocycles. The van der Waals surface area contributed by atoms with Crippen LogP contribution in [0.4, 0.5) is 0 Å². The predicted octanol–water partition coefficient (Wildman–Crippen LogP) is -8.10. The molecule has 0 aromatic carbocycles. The Bertz CT molecular complexity index is 87.1. The second kappa shape index (κ2) is 22.8. The Morgan fingerprint density at radius 3 is 0.818 bits per heavy atom. The van der Waals surface area contributed by atoms with E-state index in [1.807, 2.05) is 0 Å². The Morgan fingerprint density at radius 1 is 0.818 bits per heavy atom. The van der Waals surface area contributed by atoms with E-state index in [-0.39, 0.29) is 106 Å². The number of hydrogen-bond donors (Lipinski definition) is 4. The Hall–Kier alpha value is 2.31. The van der Waals surface area contributed by atoms with E-state index in [9.17, 15) is 0 Å². The summed E-state index contributed by atoms with van der Waals surface area (Å²) >= 11 is 0. The van der Waals surface area contributed by atoms with Gasteiger partial charge in [-0.3, -0.25) is 0 Å². The van der Waals surface area contributed by atoms with E-state index in [0.29, 0.717) is 0 Å². The summed E-state index contributed by atoms with van der Waals surface area (Å²) in [5.41, 5.74) is 0. The Kier molecular flexibility index (Phi) is 60.5. The first kappa shape index (κ1) is 29.2. The molecule has 0 saturated carbocycles. The Morgan fingerprint density at radius 2 is 0.818 bits per heavy atom. The van der Waals surface area contributed by atoms with Crippen LogP contribution in [0.25, 0.3) is 0 Å². The summed E-state index contributed by atoms with van der Waals surface area (Å²) in [5, 5.41) is 13.0. The van der Waals surface area contributed by atoms with E-state index in [4.69, 9.17) is 29.7 Å². The first-order chi connectivity index (χ1) is 4.00. The second-order valence-electron chi connectivity index (χ2n) is 0.600. The van der Waals surface area contributed by atoms with Crippen LogP contribution in [0.2, 0.25) is 0 Å². The Labute approximate surface area is 154 Å². The fourth-order valence-electron chi connectivity index (χ4n) is 0. The zero-order chi connectivity index (χ0) is 8.50. The summed E-state index contributed by atoms with van der Waals surface area (Å²) in [6, 6.07) is 0. The monoisotopic (exact) mass is 230 g/mol. The molecule has 0 rings (SSSR count). The van der Waals surface area contributed by atoms with Crippen molar-refractivity contribution in [3.63, 3.8) is 0 Å². The van der Waals surface area contributed by atoms with Gasteiger partial charge in [-0.25, -0.2) is 10.5 Å². The molecule has 6 nitrogen and oxygen atoms in total. The quantitative estimate of drug-likeness (QED) is 0.306. The van der Waals surface area contributed by atoms with E-state index in [2.05, 4.69) is 13.1 Å². The smallest absolute Gasteiger partial charge is 1.00 e. The molecule has 11 heavy (non-hydrogen) atoms. The van der Waals surface area contributed by atoms with Gasteiger partial charge >= 0.3 is 112 Å².